The number of carbonyl (C=O) groups excluding carboxylic acids is 1. The molecule has 0 heterocycles. The van der Waals surface area contributed by atoms with Crippen LogP contribution in [0.3, 0.4) is 0 Å². The molecule has 1 N–H and O–H groups in total. The van der Waals surface area contributed by atoms with Crippen molar-refractivity contribution in [2.45, 2.75) is 20.0 Å². The van der Waals surface area contributed by atoms with E-state index in [9.17, 15) is 14.7 Å². The molecule has 33 heavy (non-hydrogen) atoms. The standard InChI is InChI=1S/C26H27NO6/c1-3-32-21-11-9-20(10-12-21)17-27(16-19-7-5-4-6-8-19)25(28)18-33-24-15-22(31-2)13-14-23(24)26(29)30/h4-15H,3,16-18H2,1-2H3,(H,29,30). The Morgan fingerprint density at radius 2 is 1.48 bits per heavy atom. The van der Waals surface area contributed by atoms with Gasteiger partial charge in [-0.05, 0) is 42.3 Å². The summed E-state index contributed by atoms with van der Waals surface area (Å²) in [7, 11) is 1.48. The Kier molecular flexibility index (Phi) is 8.30. The molecule has 3 aromatic rings. The van der Waals surface area contributed by atoms with Crippen LogP contribution in [0.2, 0.25) is 0 Å². The van der Waals surface area contributed by atoms with E-state index < -0.39 is 5.97 Å². The van der Waals surface area contributed by atoms with E-state index in [4.69, 9.17) is 14.2 Å². The van der Waals surface area contributed by atoms with E-state index in [1.165, 1.54) is 25.3 Å². The van der Waals surface area contributed by atoms with Gasteiger partial charge in [0.25, 0.3) is 5.91 Å². The third-order valence-electron chi connectivity index (χ3n) is 4.95. The number of benzene rings is 3. The number of carboxylic acids is 1. The molecule has 0 saturated heterocycles. The van der Waals surface area contributed by atoms with E-state index in [1.807, 2.05) is 61.5 Å². The maximum absolute atomic E-state index is 13.1. The molecule has 172 valence electrons. The molecule has 0 aliphatic carbocycles. The summed E-state index contributed by atoms with van der Waals surface area (Å²) in [5.41, 5.74) is 1.88. The fraction of sp³-hybridized carbons (Fsp3) is 0.231. The summed E-state index contributed by atoms with van der Waals surface area (Å²) in [6, 6.07) is 21.6. The lowest BCUT2D eigenvalue weighted by Gasteiger charge is -2.23. The molecule has 3 rings (SSSR count). The summed E-state index contributed by atoms with van der Waals surface area (Å²) in [6.07, 6.45) is 0. The number of rotatable bonds is 11. The van der Waals surface area contributed by atoms with Crippen LogP contribution in [0, 0.1) is 0 Å². The summed E-state index contributed by atoms with van der Waals surface area (Å²) in [5, 5.41) is 9.43. The van der Waals surface area contributed by atoms with Crippen molar-refractivity contribution in [1.82, 2.24) is 4.90 Å². The Hall–Kier alpha value is -4.00. The van der Waals surface area contributed by atoms with E-state index in [0.29, 0.717) is 25.4 Å². The Labute approximate surface area is 193 Å². The number of amides is 1. The van der Waals surface area contributed by atoms with E-state index in [0.717, 1.165) is 16.9 Å². The molecular weight excluding hydrogens is 422 g/mol. The molecule has 0 atom stereocenters. The van der Waals surface area contributed by atoms with Crippen molar-refractivity contribution in [1.29, 1.82) is 0 Å². The fourth-order valence-electron chi connectivity index (χ4n) is 3.27. The number of hydrogen-bond acceptors (Lipinski definition) is 5. The second-order valence-corrected chi connectivity index (χ2v) is 7.27. The summed E-state index contributed by atoms with van der Waals surface area (Å²) in [4.78, 5) is 26.3. The highest BCUT2D eigenvalue weighted by molar-refractivity contribution is 5.91. The minimum Gasteiger partial charge on any atom is -0.497 e. The lowest BCUT2D eigenvalue weighted by Crippen LogP contribution is -2.34. The molecule has 7 heteroatoms. The van der Waals surface area contributed by atoms with E-state index in [1.54, 1.807) is 4.90 Å². The highest BCUT2D eigenvalue weighted by Gasteiger charge is 2.18. The molecule has 0 radical (unpaired) electrons. The monoisotopic (exact) mass is 449 g/mol. The molecule has 0 bridgehead atoms. The summed E-state index contributed by atoms with van der Waals surface area (Å²) in [6.45, 7) is 2.95. The zero-order valence-electron chi connectivity index (χ0n) is 18.7. The Morgan fingerprint density at radius 1 is 0.848 bits per heavy atom. The molecule has 0 aromatic heterocycles. The minimum atomic E-state index is -1.14. The van der Waals surface area contributed by atoms with Gasteiger partial charge >= 0.3 is 5.97 Å². The fourth-order valence-corrected chi connectivity index (χ4v) is 3.27. The lowest BCUT2D eigenvalue weighted by atomic mass is 10.1. The Morgan fingerprint density at radius 3 is 2.09 bits per heavy atom. The van der Waals surface area contributed by atoms with Gasteiger partial charge in [0, 0.05) is 19.2 Å². The van der Waals surface area contributed by atoms with Crippen molar-refractivity contribution < 1.29 is 28.9 Å². The highest BCUT2D eigenvalue weighted by Crippen LogP contribution is 2.25. The van der Waals surface area contributed by atoms with E-state index >= 15 is 0 Å². The number of nitrogens with zero attached hydrogens (tertiary/aromatic N) is 1. The van der Waals surface area contributed by atoms with Crippen LogP contribution in [0.25, 0.3) is 0 Å². The van der Waals surface area contributed by atoms with Crippen molar-refractivity contribution in [2.75, 3.05) is 20.3 Å². The van der Waals surface area contributed by atoms with E-state index in [2.05, 4.69) is 0 Å². The molecule has 3 aromatic carbocycles. The molecule has 0 aliphatic heterocycles. The average molecular weight is 450 g/mol. The second kappa shape index (κ2) is 11.6. The molecule has 0 saturated carbocycles. The van der Waals surface area contributed by atoms with Gasteiger partial charge in [0.1, 0.15) is 22.8 Å². The van der Waals surface area contributed by atoms with Gasteiger partial charge in [0.05, 0.1) is 13.7 Å². The average Bonchev–Trinajstić information content (AvgIpc) is 2.83. The third-order valence-corrected chi connectivity index (χ3v) is 4.95. The van der Waals surface area contributed by atoms with Crippen molar-refractivity contribution in [2.24, 2.45) is 0 Å². The van der Waals surface area contributed by atoms with Crippen LogP contribution in [0.4, 0.5) is 0 Å². The molecule has 0 aliphatic rings. The maximum Gasteiger partial charge on any atom is 0.339 e. The van der Waals surface area contributed by atoms with E-state index in [-0.39, 0.29) is 23.8 Å². The summed E-state index contributed by atoms with van der Waals surface area (Å²) < 4.78 is 16.3. The zero-order valence-corrected chi connectivity index (χ0v) is 18.7. The van der Waals surface area contributed by atoms with Gasteiger partial charge in [-0.3, -0.25) is 4.79 Å². The normalized spacial score (nSPS) is 10.4. The third kappa shape index (κ3) is 6.74. The van der Waals surface area contributed by atoms with Crippen molar-refractivity contribution in [3.05, 3.63) is 89.5 Å². The first-order chi connectivity index (χ1) is 16.0. The van der Waals surface area contributed by atoms with Gasteiger partial charge < -0.3 is 24.2 Å². The molecule has 1 amide bonds. The van der Waals surface area contributed by atoms with Crippen LogP contribution in [-0.2, 0) is 17.9 Å². The van der Waals surface area contributed by atoms with Crippen LogP contribution in [0.1, 0.15) is 28.4 Å². The second-order valence-electron chi connectivity index (χ2n) is 7.27. The molecule has 0 unspecified atom stereocenters. The maximum atomic E-state index is 13.1. The number of carboxylic acid groups (broad SMARTS) is 1. The van der Waals surface area contributed by atoms with Crippen molar-refractivity contribution in [3.8, 4) is 17.2 Å². The first-order valence-corrected chi connectivity index (χ1v) is 10.6. The van der Waals surface area contributed by atoms with Crippen LogP contribution < -0.4 is 14.2 Å². The number of ether oxygens (including phenoxy) is 3. The molecule has 7 nitrogen and oxygen atoms in total. The van der Waals surface area contributed by atoms with Crippen LogP contribution in [0.15, 0.2) is 72.8 Å². The number of hydrogen-bond donors (Lipinski definition) is 1. The Bertz CT molecular complexity index is 1070. The predicted octanol–water partition coefficient (Wildman–Crippen LogP) is 4.40. The number of carbonyl (C=O) groups is 2. The zero-order chi connectivity index (χ0) is 23.6. The minimum absolute atomic E-state index is 0.0373. The molecule has 0 fully saturated rings. The highest BCUT2D eigenvalue weighted by atomic mass is 16.5. The van der Waals surface area contributed by atoms with Crippen LogP contribution >= 0.6 is 0 Å². The summed E-state index contributed by atoms with van der Waals surface area (Å²) in [5.74, 6) is -0.124. The van der Waals surface area contributed by atoms with Gasteiger partial charge in [-0.1, -0.05) is 42.5 Å². The van der Waals surface area contributed by atoms with Gasteiger partial charge in [-0.15, -0.1) is 0 Å². The smallest absolute Gasteiger partial charge is 0.339 e. The first kappa shape index (κ1) is 23.7. The van der Waals surface area contributed by atoms with Gasteiger partial charge in [-0.2, -0.15) is 0 Å². The topological polar surface area (TPSA) is 85.3 Å². The lowest BCUT2D eigenvalue weighted by molar-refractivity contribution is -0.134. The quantitative estimate of drug-likeness (QED) is 0.467. The predicted molar refractivity (Wildman–Crippen MR) is 124 cm³/mol. The van der Waals surface area contributed by atoms with Gasteiger partial charge in [0.15, 0.2) is 6.61 Å². The number of aromatic carboxylic acids is 1. The van der Waals surface area contributed by atoms with Crippen LogP contribution in [-0.4, -0.2) is 42.2 Å². The molecule has 0 spiro atoms. The van der Waals surface area contributed by atoms with Crippen LogP contribution in [0.5, 0.6) is 17.2 Å². The Balaban J connectivity index is 1.77. The molecular formula is C26H27NO6. The summed E-state index contributed by atoms with van der Waals surface area (Å²) >= 11 is 0. The number of methoxy groups -OCH3 is 1. The van der Waals surface area contributed by atoms with Crippen molar-refractivity contribution >= 4 is 11.9 Å². The SMILES string of the molecule is CCOc1ccc(CN(Cc2ccccc2)C(=O)COc2cc(OC)ccc2C(=O)O)cc1. The largest absolute Gasteiger partial charge is 0.497 e. The van der Waals surface area contributed by atoms with Crippen molar-refractivity contribution in [3.63, 3.8) is 0 Å². The first-order valence-electron chi connectivity index (χ1n) is 10.6. The van der Waals surface area contributed by atoms with Gasteiger partial charge in [0.2, 0.25) is 0 Å². The van der Waals surface area contributed by atoms with Gasteiger partial charge in [-0.25, -0.2) is 4.79 Å².